The van der Waals surface area contributed by atoms with Crippen molar-refractivity contribution in [1.29, 1.82) is 0 Å². The Bertz CT molecular complexity index is 807. The highest BCUT2D eigenvalue weighted by Crippen LogP contribution is 2.32. The highest BCUT2D eigenvalue weighted by molar-refractivity contribution is 6.33. The fourth-order valence-corrected chi connectivity index (χ4v) is 2.49. The lowest BCUT2D eigenvalue weighted by Gasteiger charge is -2.10. The second-order valence-electron chi connectivity index (χ2n) is 5.29. The van der Waals surface area contributed by atoms with Crippen LogP contribution in [0.3, 0.4) is 0 Å². The zero-order valence-electron chi connectivity index (χ0n) is 12.9. The van der Waals surface area contributed by atoms with Crippen LogP contribution in [0.25, 0.3) is 0 Å². The quantitative estimate of drug-likeness (QED) is 0.891. The first kappa shape index (κ1) is 16.1. The van der Waals surface area contributed by atoms with Gasteiger partial charge in [0.15, 0.2) is 11.5 Å². The molecule has 0 fully saturated rings. The van der Waals surface area contributed by atoms with Crippen LogP contribution in [0.2, 0.25) is 5.02 Å². The summed E-state index contributed by atoms with van der Waals surface area (Å²) in [7, 11) is 0. The van der Waals surface area contributed by atoms with Crippen molar-refractivity contribution in [2.75, 3.05) is 17.4 Å². The van der Waals surface area contributed by atoms with Gasteiger partial charge in [0.2, 0.25) is 18.6 Å². The molecule has 0 radical (unpaired) electrons. The second-order valence-corrected chi connectivity index (χ2v) is 5.70. The van der Waals surface area contributed by atoms with E-state index in [1.165, 1.54) is 6.92 Å². The molecule has 2 N–H and O–H groups in total. The van der Waals surface area contributed by atoms with Gasteiger partial charge in [-0.3, -0.25) is 9.59 Å². The Hall–Kier alpha value is -2.73. The number of ether oxygens (including phenoxy) is 2. The van der Waals surface area contributed by atoms with E-state index in [1.807, 2.05) is 6.07 Å². The minimum Gasteiger partial charge on any atom is -0.454 e. The van der Waals surface area contributed by atoms with Gasteiger partial charge in [0.05, 0.1) is 17.1 Å². The fourth-order valence-electron chi connectivity index (χ4n) is 2.33. The number of anilines is 2. The van der Waals surface area contributed by atoms with Gasteiger partial charge >= 0.3 is 0 Å². The number of halogens is 1. The molecule has 0 spiro atoms. The van der Waals surface area contributed by atoms with Crippen molar-refractivity contribution >= 4 is 34.8 Å². The summed E-state index contributed by atoms with van der Waals surface area (Å²) in [5, 5.41) is 5.79. The van der Waals surface area contributed by atoms with E-state index in [-0.39, 0.29) is 25.0 Å². The molecular formula is C17H15ClN2O4. The van der Waals surface area contributed by atoms with Crippen molar-refractivity contribution in [2.24, 2.45) is 0 Å². The normalized spacial score (nSPS) is 11.9. The van der Waals surface area contributed by atoms with Crippen LogP contribution in [0.1, 0.15) is 12.5 Å². The highest BCUT2D eigenvalue weighted by atomic mass is 35.5. The molecular weight excluding hydrogens is 332 g/mol. The molecule has 1 heterocycles. The molecule has 6 nitrogen and oxygen atoms in total. The lowest BCUT2D eigenvalue weighted by Crippen LogP contribution is -2.15. The van der Waals surface area contributed by atoms with E-state index in [1.54, 1.807) is 30.3 Å². The average molecular weight is 347 g/mol. The van der Waals surface area contributed by atoms with Crippen LogP contribution in [0.5, 0.6) is 11.5 Å². The van der Waals surface area contributed by atoms with Crippen LogP contribution in [0, 0.1) is 0 Å². The summed E-state index contributed by atoms with van der Waals surface area (Å²) in [4.78, 5) is 23.4. The molecule has 0 aliphatic carbocycles. The zero-order chi connectivity index (χ0) is 17.1. The van der Waals surface area contributed by atoms with E-state index in [9.17, 15) is 9.59 Å². The Kier molecular flexibility index (Phi) is 4.57. The maximum Gasteiger partial charge on any atom is 0.231 e. The van der Waals surface area contributed by atoms with Gasteiger partial charge in [0.25, 0.3) is 0 Å². The van der Waals surface area contributed by atoms with E-state index >= 15 is 0 Å². The number of fused-ring (bicyclic) bond motifs is 1. The van der Waals surface area contributed by atoms with E-state index in [4.69, 9.17) is 21.1 Å². The molecule has 0 bridgehead atoms. The third kappa shape index (κ3) is 3.78. The molecule has 1 aliphatic heterocycles. The molecule has 2 aromatic carbocycles. The standard InChI is InChI=1S/C17H15ClN2O4/c1-10(21)19-14-8-12(3-4-13(14)18)20-17(22)7-11-2-5-15-16(6-11)24-9-23-15/h2-6,8H,7,9H2,1H3,(H,19,21)(H,20,22). The molecule has 1 aliphatic rings. The third-order valence-corrected chi connectivity index (χ3v) is 3.69. The van der Waals surface area contributed by atoms with Gasteiger partial charge in [-0.15, -0.1) is 0 Å². The smallest absolute Gasteiger partial charge is 0.231 e. The number of amides is 2. The number of benzene rings is 2. The summed E-state index contributed by atoms with van der Waals surface area (Å²) in [6, 6.07) is 10.3. The van der Waals surface area contributed by atoms with Crippen LogP contribution in [-0.2, 0) is 16.0 Å². The van der Waals surface area contributed by atoms with Crippen molar-refractivity contribution in [2.45, 2.75) is 13.3 Å². The molecule has 0 saturated heterocycles. The predicted molar refractivity (Wildman–Crippen MR) is 90.7 cm³/mol. The molecule has 0 atom stereocenters. The summed E-state index contributed by atoms with van der Waals surface area (Å²) >= 11 is 6.01. The summed E-state index contributed by atoms with van der Waals surface area (Å²) in [5.74, 6) is 0.891. The summed E-state index contributed by atoms with van der Waals surface area (Å²) in [6.07, 6.45) is 0.189. The van der Waals surface area contributed by atoms with Gasteiger partial charge in [0, 0.05) is 12.6 Å². The topological polar surface area (TPSA) is 76.7 Å². The van der Waals surface area contributed by atoms with Crippen LogP contribution in [0.15, 0.2) is 36.4 Å². The lowest BCUT2D eigenvalue weighted by molar-refractivity contribution is -0.115. The van der Waals surface area contributed by atoms with E-state index in [2.05, 4.69) is 10.6 Å². The Morgan fingerprint density at radius 2 is 1.88 bits per heavy atom. The predicted octanol–water partition coefficient (Wildman–Crippen LogP) is 3.21. The van der Waals surface area contributed by atoms with E-state index in [0.29, 0.717) is 27.9 Å². The first-order valence-corrected chi connectivity index (χ1v) is 7.64. The minimum absolute atomic E-state index is 0.189. The lowest BCUT2D eigenvalue weighted by atomic mass is 10.1. The van der Waals surface area contributed by atoms with Crippen molar-refractivity contribution in [3.63, 3.8) is 0 Å². The van der Waals surface area contributed by atoms with E-state index < -0.39 is 0 Å². The van der Waals surface area contributed by atoms with Gasteiger partial charge in [-0.05, 0) is 35.9 Å². The van der Waals surface area contributed by atoms with Crippen LogP contribution in [0.4, 0.5) is 11.4 Å². The number of hydrogen-bond donors (Lipinski definition) is 2. The number of nitrogens with one attached hydrogen (secondary N) is 2. The summed E-state index contributed by atoms with van der Waals surface area (Å²) < 4.78 is 10.5. The zero-order valence-corrected chi connectivity index (χ0v) is 13.6. The van der Waals surface area contributed by atoms with Crippen molar-refractivity contribution in [3.05, 3.63) is 47.0 Å². The van der Waals surface area contributed by atoms with Gasteiger partial charge in [-0.1, -0.05) is 17.7 Å². The minimum atomic E-state index is -0.235. The van der Waals surface area contributed by atoms with Crippen molar-refractivity contribution in [1.82, 2.24) is 0 Å². The number of carbonyl (C=O) groups excluding carboxylic acids is 2. The van der Waals surface area contributed by atoms with Crippen LogP contribution >= 0.6 is 11.6 Å². The summed E-state index contributed by atoms with van der Waals surface area (Å²) in [6.45, 7) is 1.59. The van der Waals surface area contributed by atoms with Crippen molar-refractivity contribution in [3.8, 4) is 11.5 Å². The largest absolute Gasteiger partial charge is 0.454 e. The first-order valence-electron chi connectivity index (χ1n) is 7.27. The van der Waals surface area contributed by atoms with Gasteiger partial charge in [-0.25, -0.2) is 0 Å². The van der Waals surface area contributed by atoms with Gasteiger partial charge in [-0.2, -0.15) is 0 Å². The number of rotatable bonds is 4. The summed E-state index contributed by atoms with van der Waals surface area (Å²) in [5.41, 5.74) is 1.81. The Balaban J connectivity index is 1.67. The Morgan fingerprint density at radius 3 is 2.67 bits per heavy atom. The molecule has 7 heteroatoms. The Labute approximate surface area is 143 Å². The second kappa shape index (κ2) is 6.80. The average Bonchev–Trinajstić information content (AvgIpc) is 2.97. The Morgan fingerprint density at radius 1 is 1.08 bits per heavy atom. The third-order valence-electron chi connectivity index (χ3n) is 3.36. The molecule has 3 rings (SSSR count). The molecule has 0 aromatic heterocycles. The van der Waals surface area contributed by atoms with Gasteiger partial charge < -0.3 is 20.1 Å². The monoisotopic (exact) mass is 346 g/mol. The van der Waals surface area contributed by atoms with E-state index in [0.717, 1.165) is 5.56 Å². The molecule has 0 saturated carbocycles. The molecule has 24 heavy (non-hydrogen) atoms. The SMILES string of the molecule is CC(=O)Nc1cc(NC(=O)Cc2ccc3c(c2)OCO3)ccc1Cl. The fraction of sp³-hybridized carbons (Fsp3) is 0.176. The number of hydrogen-bond acceptors (Lipinski definition) is 4. The van der Waals surface area contributed by atoms with Gasteiger partial charge in [0.1, 0.15) is 0 Å². The number of carbonyl (C=O) groups is 2. The molecule has 2 aromatic rings. The first-order chi connectivity index (χ1) is 11.5. The maximum absolute atomic E-state index is 12.2. The maximum atomic E-state index is 12.2. The molecule has 2 amide bonds. The highest BCUT2D eigenvalue weighted by Gasteiger charge is 2.14. The molecule has 124 valence electrons. The van der Waals surface area contributed by atoms with Crippen LogP contribution in [-0.4, -0.2) is 18.6 Å². The molecule has 0 unspecified atom stereocenters. The van der Waals surface area contributed by atoms with Crippen LogP contribution < -0.4 is 20.1 Å². The van der Waals surface area contributed by atoms with Crippen molar-refractivity contribution < 1.29 is 19.1 Å².